The number of tetrazole rings is 1. The normalized spacial score (nSPS) is 13.6. The molecule has 0 unspecified atom stereocenters. The molecule has 1 saturated carbocycles. The van der Waals surface area contributed by atoms with E-state index < -0.39 is 0 Å². The van der Waals surface area contributed by atoms with Gasteiger partial charge in [0.1, 0.15) is 6.54 Å². The van der Waals surface area contributed by atoms with Crippen LogP contribution in [0.25, 0.3) is 11.4 Å². The highest BCUT2D eigenvalue weighted by Crippen LogP contribution is 2.36. The van der Waals surface area contributed by atoms with E-state index in [1.807, 2.05) is 28.9 Å². The van der Waals surface area contributed by atoms with Crippen LogP contribution in [-0.4, -0.2) is 46.0 Å². The number of nitrogens with zero attached hydrogens (tertiary/aromatic N) is 8. The van der Waals surface area contributed by atoms with Gasteiger partial charge in [0.05, 0.1) is 17.8 Å². The highest BCUT2D eigenvalue weighted by molar-refractivity contribution is 6.04. The average Bonchev–Trinajstić information content (AvgIpc) is 3.09. The summed E-state index contributed by atoms with van der Waals surface area (Å²) in [5.41, 5.74) is 1.93. The smallest absolute Gasteiger partial charge is 0.258 e. The second-order valence-electron chi connectivity index (χ2n) is 6.88. The lowest BCUT2D eigenvalue weighted by molar-refractivity contribution is 0.102. The summed E-state index contributed by atoms with van der Waals surface area (Å²) < 4.78 is 8.48. The zero-order valence-corrected chi connectivity index (χ0v) is 15.6. The van der Waals surface area contributed by atoms with Crippen molar-refractivity contribution in [2.75, 3.05) is 5.32 Å². The van der Waals surface area contributed by atoms with Gasteiger partial charge in [-0.2, -0.15) is 10.1 Å². The number of rotatable bonds is 6. The van der Waals surface area contributed by atoms with Crippen molar-refractivity contribution in [1.29, 1.82) is 0 Å². The van der Waals surface area contributed by atoms with Crippen LogP contribution in [0.15, 0.2) is 41.2 Å². The Labute approximate surface area is 164 Å². The van der Waals surface area contributed by atoms with Crippen LogP contribution in [0.5, 0.6) is 0 Å². The lowest BCUT2D eigenvalue weighted by atomic mass is 10.2. The van der Waals surface area contributed by atoms with Gasteiger partial charge in [-0.1, -0.05) is 17.3 Å². The molecular formula is C18H17N9O2. The number of benzene rings is 1. The number of aromatic nitrogens is 8. The Balaban J connectivity index is 1.30. The molecule has 0 bridgehead atoms. The van der Waals surface area contributed by atoms with Crippen LogP contribution in [0, 0.1) is 6.92 Å². The molecule has 0 radical (unpaired) electrons. The molecule has 0 saturated heterocycles. The third-order valence-corrected chi connectivity index (χ3v) is 4.53. The fourth-order valence-corrected chi connectivity index (χ4v) is 3.00. The molecule has 3 aromatic heterocycles. The fourth-order valence-electron chi connectivity index (χ4n) is 3.00. The summed E-state index contributed by atoms with van der Waals surface area (Å²) in [6, 6.07) is 7.82. The molecule has 1 aliphatic rings. The Morgan fingerprint density at radius 3 is 3.03 bits per heavy atom. The van der Waals surface area contributed by atoms with E-state index in [-0.39, 0.29) is 5.91 Å². The lowest BCUT2D eigenvalue weighted by Gasteiger charge is -2.07. The van der Waals surface area contributed by atoms with Gasteiger partial charge in [-0.25, -0.2) is 4.68 Å². The second-order valence-corrected chi connectivity index (χ2v) is 6.88. The Kier molecular flexibility index (Phi) is 4.12. The lowest BCUT2D eigenvalue weighted by Crippen LogP contribution is -2.11. The molecule has 0 spiro atoms. The van der Waals surface area contributed by atoms with Gasteiger partial charge in [0.2, 0.25) is 5.89 Å². The summed E-state index contributed by atoms with van der Waals surface area (Å²) in [5, 5.41) is 22.8. The van der Waals surface area contributed by atoms with E-state index in [2.05, 4.69) is 36.1 Å². The minimum atomic E-state index is -0.267. The summed E-state index contributed by atoms with van der Waals surface area (Å²) in [6.45, 7) is 2.04. The van der Waals surface area contributed by atoms with Crippen molar-refractivity contribution in [1.82, 2.24) is 40.1 Å². The van der Waals surface area contributed by atoms with E-state index >= 15 is 0 Å². The maximum absolute atomic E-state index is 12.6. The van der Waals surface area contributed by atoms with Crippen molar-refractivity contribution in [3.63, 3.8) is 0 Å². The molecule has 1 aromatic carbocycles. The van der Waals surface area contributed by atoms with E-state index in [1.54, 1.807) is 17.8 Å². The zero-order chi connectivity index (χ0) is 19.8. The molecule has 11 heteroatoms. The van der Waals surface area contributed by atoms with Gasteiger partial charge in [-0.15, -0.1) is 5.10 Å². The van der Waals surface area contributed by atoms with Gasteiger partial charge >= 0.3 is 0 Å². The van der Waals surface area contributed by atoms with Gasteiger partial charge < -0.3 is 9.84 Å². The molecule has 1 amide bonds. The molecule has 0 aliphatic heterocycles. The summed E-state index contributed by atoms with van der Waals surface area (Å²) in [5.74, 6) is 1.42. The van der Waals surface area contributed by atoms with Crippen molar-refractivity contribution >= 4 is 11.6 Å². The van der Waals surface area contributed by atoms with Crippen LogP contribution in [0.2, 0.25) is 0 Å². The van der Waals surface area contributed by atoms with Crippen molar-refractivity contribution < 1.29 is 9.32 Å². The molecule has 0 atom stereocenters. The molecule has 3 heterocycles. The number of hydrogen-bond acceptors (Lipinski definition) is 8. The first-order valence-corrected chi connectivity index (χ1v) is 9.17. The SMILES string of the molecule is Cc1noc(Cn2cc(C(=O)Nc3cccc(-c4nnnn4C4CC4)c3)cn2)n1. The minimum Gasteiger partial charge on any atom is -0.337 e. The average molecular weight is 391 g/mol. The molecule has 29 heavy (non-hydrogen) atoms. The number of anilines is 1. The van der Waals surface area contributed by atoms with Gasteiger partial charge in [0, 0.05) is 17.4 Å². The first-order valence-electron chi connectivity index (χ1n) is 9.17. The van der Waals surface area contributed by atoms with Crippen LogP contribution in [0.3, 0.4) is 0 Å². The quantitative estimate of drug-likeness (QED) is 0.527. The van der Waals surface area contributed by atoms with Crippen molar-refractivity contribution in [3.05, 3.63) is 53.9 Å². The number of amides is 1. The molecule has 1 N–H and O–H groups in total. The monoisotopic (exact) mass is 391 g/mol. The molecule has 11 nitrogen and oxygen atoms in total. The van der Waals surface area contributed by atoms with Crippen molar-refractivity contribution in [2.24, 2.45) is 0 Å². The minimum absolute atomic E-state index is 0.267. The van der Waals surface area contributed by atoms with E-state index in [1.165, 1.54) is 6.20 Å². The van der Waals surface area contributed by atoms with Crippen LogP contribution in [0.1, 0.15) is 41.0 Å². The van der Waals surface area contributed by atoms with Gasteiger partial charge in [0.15, 0.2) is 11.6 Å². The first-order chi connectivity index (χ1) is 14.2. The molecule has 1 fully saturated rings. The highest BCUT2D eigenvalue weighted by Gasteiger charge is 2.28. The van der Waals surface area contributed by atoms with Gasteiger partial charge in [0.25, 0.3) is 5.91 Å². The molecule has 4 aromatic rings. The van der Waals surface area contributed by atoms with Gasteiger partial charge in [-0.05, 0) is 42.3 Å². The fraction of sp³-hybridized carbons (Fsp3) is 0.278. The maximum atomic E-state index is 12.6. The standard InChI is InChI=1S/C18H17N9O2/c1-11-20-16(29-23-11)10-26-9-13(8-19-26)18(28)21-14-4-2-3-12(7-14)17-22-24-25-27(17)15-5-6-15/h2-4,7-9,15H,5-6,10H2,1H3,(H,21,28). The molecule has 1 aliphatic carbocycles. The number of nitrogens with one attached hydrogen (secondary N) is 1. The topological polar surface area (TPSA) is 129 Å². The Hall–Kier alpha value is -3.89. The number of aryl methyl sites for hydroxylation is 1. The predicted octanol–water partition coefficient (Wildman–Crippen LogP) is 1.86. The molecule has 146 valence electrons. The van der Waals surface area contributed by atoms with Gasteiger partial charge in [-0.3, -0.25) is 9.48 Å². The molecular weight excluding hydrogens is 374 g/mol. The highest BCUT2D eigenvalue weighted by atomic mass is 16.5. The van der Waals surface area contributed by atoms with E-state index in [9.17, 15) is 4.79 Å². The maximum Gasteiger partial charge on any atom is 0.258 e. The summed E-state index contributed by atoms with van der Waals surface area (Å²) in [6.07, 6.45) is 5.30. The third kappa shape index (κ3) is 3.61. The van der Waals surface area contributed by atoms with E-state index in [0.29, 0.717) is 41.4 Å². The van der Waals surface area contributed by atoms with Crippen molar-refractivity contribution in [2.45, 2.75) is 32.4 Å². The third-order valence-electron chi connectivity index (χ3n) is 4.53. The van der Waals surface area contributed by atoms with Crippen LogP contribution in [0.4, 0.5) is 5.69 Å². The van der Waals surface area contributed by atoms with Crippen LogP contribution in [-0.2, 0) is 6.54 Å². The summed E-state index contributed by atoms with van der Waals surface area (Å²) in [4.78, 5) is 16.7. The van der Waals surface area contributed by atoms with E-state index in [4.69, 9.17) is 4.52 Å². The first kappa shape index (κ1) is 17.2. The summed E-state index contributed by atoms with van der Waals surface area (Å²) in [7, 11) is 0. The van der Waals surface area contributed by atoms with Crippen LogP contribution < -0.4 is 5.32 Å². The Morgan fingerprint density at radius 1 is 1.34 bits per heavy atom. The Morgan fingerprint density at radius 2 is 2.24 bits per heavy atom. The van der Waals surface area contributed by atoms with Crippen LogP contribution >= 0.6 is 0 Å². The zero-order valence-electron chi connectivity index (χ0n) is 15.6. The largest absolute Gasteiger partial charge is 0.337 e. The summed E-state index contributed by atoms with van der Waals surface area (Å²) >= 11 is 0. The molecule has 5 rings (SSSR count). The Bertz CT molecular complexity index is 1170. The number of carbonyl (C=O) groups is 1. The predicted molar refractivity (Wildman–Crippen MR) is 99.8 cm³/mol. The second kappa shape index (κ2) is 6.93. The number of carbonyl (C=O) groups excluding carboxylic acids is 1. The number of hydrogen-bond donors (Lipinski definition) is 1. The van der Waals surface area contributed by atoms with Crippen molar-refractivity contribution in [3.8, 4) is 11.4 Å². The van der Waals surface area contributed by atoms with E-state index in [0.717, 1.165) is 18.4 Å².